The lowest BCUT2D eigenvalue weighted by Crippen LogP contribution is -2.52. The Morgan fingerprint density at radius 1 is 1.25 bits per heavy atom. The molecule has 0 radical (unpaired) electrons. The van der Waals surface area contributed by atoms with E-state index in [1.165, 1.54) is 19.3 Å². The van der Waals surface area contributed by atoms with E-state index < -0.39 is 0 Å². The van der Waals surface area contributed by atoms with Crippen LogP contribution in [0.4, 0.5) is 0 Å². The Morgan fingerprint density at radius 2 is 1.92 bits per heavy atom. The Bertz CT molecular complexity index is 332. The predicted molar refractivity (Wildman–Crippen MR) is 103 cm³/mol. The van der Waals surface area contributed by atoms with Crippen molar-refractivity contribution in [2.45, 2.75) is 58.0 Å². The Labute approximate surface area is 159 Å². The number of morpholine rings is 1. The molecule has 1 amide bonds. The summed E-state index contributed by atoms with van der Waals surface area (Å²) in [4.78, 5) is 14.7. The molecule has 0 saturated carbocycles. The fraction of sp³-hybridized carbons (Fsp3) is 0.941. The molecule has 2 unspecified atom stereocenters. The monoisotopic (exact) mass is 383 g/mol. The maximum absolute atomic E-state index is 12.2. The van der Waals surface area contributed by atoms with Crippen molar-refractivity contribution in [1.29, 1.82) is 0 Å². The highest BCUT2D eigenvalue weighted by Gasteiger charge is 2.27. The molecule has 2 rings (SSSR count). The second kappa shape index (κ2) is 13.2. The summed E-state index contributed by atoms with van der Waals surface area (Å²) in [5.74, 6) is 0.839. The van der Waals surface area contributed by atoms with Crippen molar-refractivity contribution in [3.8, 4) is 0 Å². The van der Waals surface area contributed by atoms with Gasteiger partial charge in [0.2, 0.25) is 5.91 Å². The van der Waals surface area contributed by atoms with Crippen molar-refractivity contribution in [3.05, 3.63) is 0 Å². The number of carbonyl (C=O) groups is 1. The van der Waals surface area contributed by atoms with Crippen molar-refractivity contribution in [2.24, 2.45) is 5.92 Å². The highest BCUT2D eigenvalue weighted by molar-refractivity contribution is 5.85. The summed E-state index contributed by atoms with van der Waals surface area (Å²) < 4.78 is 5.47. The zero-order valence-corrected chi connectivity index (χ0v) is 16.7. The average molecular weight is 384 g/mol. The third-order valence-electron chi connectivity index (χ3n) is 5.21. The molecule has 0 aromatic carbocycles. The molecular weight excluding hydrogens is 349 g/mol. The molecular formula is C17H35Cl2N3O2. The summed E-state index contributed by atoms with van der Waals surface area (Å²) in [6, 6.07) is 0.828. The number of amides is 1. The van der Waals surface area contributed by atoms with Crippen molar-refractivity contribution in [2.75, 3.05) is 39.4 Å². The molecule has 24 heavy (non-hydrogen) atoms. The fourth-order valence-electron chi connectivity index (χ4n) is 3.78. The Balaban J connectivity index is 0.00000264. The number of nitrogens with one attached hydrogen (secondary N) is 2. The van der Waals surface area contributed by atoms with Gasteiger partial charge >= 0.3 is 0 Å². The molecule has 2 heterocycles. The first-order chi connectivity index (χ1) is 10.7. The molecule has 7 heteroatoms. The van der Waals surface area contributed by atoms with Crippen LogP contribution in [0.1, 0.15) is 46.0 Å². The van der Waals surface area contributed by atoms with Crippen molar-refractivity contribution < 1.29 is 9.53 Å². The van der Waals surface area contributed by atoms with Crippen LogP contribution in [0.3, 0.4) is 0 Å². The van der Waals surface area contributed by atoms with E-state index >= 15 is 0 Å². The minimum atomic E-state index is 0. The lowest BCUT2D eigenvalue weighted by molar-refractivity contribution is -0.122. The van der Waals surface area contributed by atoms with Crippen LogP contribution in [0.2, 0.25) is 0 Å². The van der Waals surface area contributed by atoms with Gasteiger partial charge in [0.1, 0.15) is 0 Å². The first kappa shape index (κ1) is 23.9. The number of nitrogens with zero attached hydrogens (tertiary/aromatic N) is 1. The highest BCUT2D eigenvalue weighted by atomic mass is 35.5. The predicted octanol–water partition coefficient (Wildman–Crippen LogP) is 2.23. The van der Waals surface area contributed by atoms with Gasteiger partial charge in [-0.2, -0.15) is 0 Å². The Kier molecular flexibility index (Phi) is 13.1. The van der Waals surface area contributed by atoms with E-state index in [1.54, 1.807) is 0 Å². The fourth-order valence-corrected chi connectivity index (χ4v) is 3.78. The average Bonchev–Trinajstić information content (AvgIpc) is 3.05. The van der Waals surface area contributed by atoms with Gasteiger partial charge in [-0.1, -0.05) is 26.7 Å². The topological polar surface area (TPSA) is 53.6 Å². The van der Waals surface area contributed by atoms with Gasteiger partial charge in [0, 0.05) is 38.1 Å². The van der Waals surface area contributed by atoms with Crippen LogP contribution in [-0.4, -0.2) is 62.3 Å². The number of carbonyl (C=O) groups excluding carboxylic acids is 1. The summed E-state index contributed by atoms with van der Waals surface area (Å²) in [6.07, 6.45) is 5.28. The first-order valence-corrected chi connectivity index (χ1v) is 9.06. The second-order valence-corrected chi connectivity index (χ2v) is 6.59. The first-order valence-electron chi connectivity index (χ1n) is 9.06. The van der Waals surface area contributed by atoms with Gasteiger partial charge in [-0.25, -0.2) is 0 Å². The summed E-state index contributed by atoms with van der Waals surface area (Å²) in [6.45, 7) is 9.95. The minimum absolute atomic E-state index is 0. The molecule has 2 aliphatic heterocycles. The minimum Gasteiger partial charge on any atom is -0.379 e. The summed E-state index contributed by atoms with van der Waals surface area (Å²) in [7, 11) is 0. The molecule has 0 aromatic heterocycles. The maximum atomic E-state index is 12.2. The Morgan fingerprint density at radius 3 is 2.46 bits per heavy atom. The van der Waals surface area contributed by atoms with Crippen molar-refractivity contribution in [3.63, 3.8) is 0 Å². The van der Waals surface area contributed by atoms with Gasteiger partial charge in [-0.3, -0.25) is 9.69 Å². The van der Waals surface area contributed by atoms with E-state index in [-0.39, 0.29) is 30.7 Å². The molecule has 2 saturated heterocycles. The van der Waals surface area contributed by atoms with Gasteiger partial charge in [0.15, 0.2) is 0 Å². The molecule has 0 aromatic rings. The molecule has 144 valence electrons. The lowest BCUT2D eigenvalue weighted by atomic mass is 9.92. The molecule has 2 fully saturated rings. The molecule has 5 nitrogen and oxygen atoms in total. The van der Waals surface area contributed by atoms with Gasteiger partial charge in [0.25, 0.3) is 0 Å². The number of ether oxygens (including phenoxy) is 1. The van der Waals surface area contributed by atoms with Gasteiger partial charge in [0.05, 0.1) is 13.2 Å². The van der Waals surface area contributed by atoms with Crippen molar-refractivity contribution in [1.82, 2.24) is 15.5 Å². The number of rotatable bonds is 8. The quantitative estimate of drug-likeness (QED) is 0.674. The lowest BCUT2D eigenvalue weighted by Gasteiger charge is -2.38. The van der Waals surface area contributed by atoms with Gasteiger partial charge < -0.3 is 15.4 Å². The van der Waals surface area contributed by atoms with Crippen molar-refractivity contribution >= 4 is 30.7 Å². The van der Waals surface area contributed by atoms with E-state index in [1.807, 2.05) is 0 Å². The molecule has 2 atom stereocenters. The summed E-state index contributed by atoms with van der Waals surface area (Å²) in [5.41, 5.74) is 0. The van der Waals surface area contributed by atoms with E-state index in [4.69, 9.17) is 4.74 Å². The van der Waals surface area contributed by atoms with Crippen LogP contribution in [0.15, 0.2) is 0 Å². The van der Waals surface area contributed by atoms with Crippen LogP contribution in [0, 0.1) is 5.92 Å². The van der Waals surface area contributed by atoms with Gasteiger partial charge in [-0.15, -0.1) is 24.8 Å². The normalized spacial score (nSPS) is 22.5. The van der Waals surface area contributed by atoms with E-state index in [0.29, 0.717) is 24.4 Å². The standard InChI is InChI=1S/C17H33N3O2.2ClH/c1-3-14(4-2)16(20-8-10-22-11-9-20)13-19-17(21)12-15-6-5-7-18-15;;/h14-16,18H,3-13H2,1-2H3,(H,19,21);2*1H. The molecule has 2 aliphatic rings. The number of halogens is 2. The number of hydrogen-bond acceptors (Lipinski definition) is 4. The van der Waals surface area contributed by atoms with E-state index in [0.717, 1.165) is 45.8 Å². The second-order valence-electron chi connectivity index (χ2n) is 6.59. The van der Waals surface area contributed by atoms with Crippen LogP contribution < -0.4 is 10.6 Å². The van der Waals surface area contributed by atoms with Crippen LogP contribution in [0.5, 0.6) is 0 Å². The third kappa shape index (κ3) is 7.44. The molecule has 2 N–H and O–H groups in total. The van der Waals surface area contributed by atoms with Crippen LogP contribution in [0.25, 0.3) is 0 Å². The van der Waals surface area contributed by atoms with Crippen LogP contribution >= 0.6 is 24.8 Å². The SMILES string of the molecule is CCC(CC)C(CNC(=O)CC1CCCN1)N1CCOCC1.Cl.Cl. The molecule has 0 spiro atoms. The summed E-state index contributed by atoms with van der Waals surface area (Å²) in [5, 5.41) is 6.59. The number of hydrogen-bond donors (Lipinski definition) is 2. The van der Waals surface area contributed by atoms with Crippen LogP contribution in [-0.2, 0) is 9.53 Å². The molecule has 0 bridgehead atoms. The third-order valence-corrected chi connectivity index (χ3v) is 5.21. The summed E-state index contributed by atoms with van der Waals surface area (Å²) >= 11 is 0. The smallest absolute Gasteiger partial charge is 0.221 e. The van der Waals surface area contributed by atoms with E-state index in [9.17, 15) is 4.79 Å². The zero-order valence-electron chi connectivity index (χ0n) is 15.1. The zero-order chi connectivity index (χ0) is 15.8. The largest absolute Gasteiger partial charge is 0.379 e. The van der Waals surface area contributed by atoms with Gasteiger partial charge in [-0.05, 0) is 25.3 Å². The molecule has 0 aliphatic carbocycles. The Hall–Kier alpha value is -0.0700. The van der Waals surface area contributed by atoms with E-state index in [2.05, 4.69) is 29.4 Å². The highest BCUT2D eigenvalue weighted by Crippen LogP contribution is 2.19. The maximum Gasteiger partial charge on any atom is 0.221 e.